The highest BCUT2D eigenvalue weighted by Crippen LogP contribution is 2.27. The zero-order chi connectivity index (χ0) is 13.7. The smallest absolute Gasteiger partial charge is 0.303 e. The van der Waals surface area contributed by atoms with Crippen molar-refractivity contribution in [1.29, 1.82) is 0 Å². The molecule has 1 saturated carbocycles. The van der Waals surface area contributed by atoms with Crippen LogP contribution >= 0.6 is 0 Å². The zero-order valence-electron chi connectivity index (χ0n) is 12.1. The van der Waals surface area contributed by atoms with E-state index in [4.69, 9.17) is 5.11 Å². The molecule has 0 spiro atoms. The molecule has 4 heteroatoms. The molecule has 2 fully saturated rings. The van der Waals surface area contributed by atoms with E-state index in [2.05, 4.69) is 17.1 Å². The van der Waals surface area contributed by atoms with Gasteiger partial charge in [-0.1, -0.05) is 26.2 Å². The van der Waals surface area contributed by atoms with E-state index < -0.39 is 5.97 Å². The van der Waals surface area contributed by atoms with Gasteiger partial charge in [0.05, 0.1) is 0 Å². The molecule has 19 heavy (non-hydrogen) atoms. The fraction of sp³-hybridized carbons (Fsp3) is 0.933. The number of hydrogen-bond donors (Lipinski definition) is 2. The Kier molecular flexibility index (Phi) is 5.64. The number of hydrogen-bond acceptors (Lipinski definition) is 3. The van der Waals surface area contributed by atoms with Gasteiger partial charge in [-0.2, -0.15) is 0 Å². The van der Waals surface area contributed by atoms with E-state index in [1.807, 2.05) is 0 Å². The van der Waals surface area contributed by atoms with Crippen LogP contribution in [0.2, 0.25) is 0 Å². The molecule has 2 aliphatic rings. The third-order valence-corrected chi connectivity index (χ3v) is 4.60. The fourth-order valence-electron chi connectivity index (χ4n) is 3.60. The number of aliphatic carboxylic acids is 1. The summed E-state index contributed by atoms with van der Waals surface area (Å²) in [5, 5.41) is 12.4. The molecule has 0 bridgehead atoms. The quantitative estimate of drug-likeness (QED) is 0.820. The topological polar surface area (TPSA) is 52.6 Å². The molecule has 0 aromatic heterocycles. The van der Waals surface area contributed by atoms with Crippen LogP contribution in [0.25, 0.3) is 0 Å². The second-order valence-electron chi connectivity index (χ2n) is 6.34. The van der Waals surface area contributed by atoms with Gasteiger partial charge in [-0.15, -0.1) is 0 Å². The largest absolute Gasteiger partial charge is 0.481 e. The van der Waals surface area contributed by atoms with Gasteiger partial charge < -0.3 is 10.4 Å². The van der Waals surface area contributed by atoms with E-state index in [1.165, 1.54) is 32.1 Å². The third-order valence-electron chi connectivity index (χ3n) is 4.60. The lowest BCUT2D eigenvalue weighted by molar-refractivity contribution is -0.137. The first kappa shape index (κ1) is 14.8. The summed E-state index contributed by atoms with van der Waals surface area (Å²) in [7, 11) is 0. The van der Waals surface area contributed by atoms with Crippen LogP contribution in [-0.2, 0) is 4.79 Å². The van der Waals surface area contributed by atoms with Gasteiger partial charge in [0, 0.05) is 31.6 Å². The van der Waals surface area contributed by atoms with Crippen molar-refractivity contribution < 1.29 is 9.90 Å². The van der Waals surface area contributed by atoms with Crippen LogP contribution in [0.15, 0.2) is 0 Å². The number of carbonyl (C=O) groups is 1. The summed E-state index contributed by atoms with van der Waals surface area (Å²) in [6, 6.07) is 1.10. The molecule has 1 aliphatic heterocycles. The standard InChI is InChI=1S/C15H28N2O2/c1-12-9-16-10-14(7-8-15(18)19)17(11-12)13-5-3-2-4-6-13/h12-14,16H,2-11H2,1H3,(H,18,19). The predicted molar refractivity (Wildman–Crippen MR) is 76.3 cm³/mol. The van der Waals surface area contributed by atoms with Gasteiger partial charge in [-0.25, -0.2) is 0 Å². The second kappa shape index (κ2) is 7.25. The van der Waals surface area contributed by atoms with E-state index in [1.54, 1.807) is 0 Å². The molecule has 2 rings (SSSR count). The van der Waals surface area contributed by atoms with Gasteiger partial charge in [-0.3, -0.25) is 9.69 Å². The summed E-state index contributed by atoms with van der Waals surface area (Å²) >= 11 is 0. The molecule has 0 radical (unpaired) electrons. The van der Waals surface area contributed by atoms with Crippen LogP contribution in [-0.4, -0.2) is 47.7 Å². The highest BCUT2D eigenvalue weighted by atomic mass is 16.4. The maximum Gasteiger partial charge on any atom is 0.303 e. The van der Waals surface area contributed by atoms with Gasteiger partial charge in [0.1, 0.15) is 0 Å². The van der Waals surface area contributed by atoms with Gasteiger partial charge in [0.25, 0.3) is 0 Å². The first-order valence-electron chi connectivity index (χ1n) is 7.85. The summed E-state index contributed by atoms with van der Waals surface area (Å²) < 4.78 is 0. The van der Waals surface area contributed by atoms with Crippen molar-refractivity contribution >= 4 is 5.97 Å². The van der Waals surface area contributed by atoms with Crippen LogP contribution in [0.1, 0.15) is 51.9 Å². The Labute approximate surface area is 116 Å². The molecule has 2 unspecified atom stereocenters. The van der Waals surface area contributed by atoms with Gasteiger partial charge >= 0.3 is 5.97 Å². The normalized spacial score (nSPS) is 31.0. The zero-order valence-corrected chi connectivity index (χ0v) is 12.1. The lowest BCUT2D eigenvalue weighted by Gasteiger charge is -2.39. The number of rotatable bonds is 4. The number of carboxylic acid groups (broad SMARTS) is 1. The van der Waals surface area contributed by atoms with Crippen molar-refractivity contribution in [2.45, 2.75) is 64.0 Å². The lowest BCUT2D eigenvalue weighted by atomic mass is 9.92. The van der Waals surface area contributed by atoms with Gasteiger partial charge in [0.2, 0.25) is 0 Å². The van der Waals surface area contributed by atoms with Crippen molar-refractivity contribution in [1.82, 2.24) is 10.2 Å². The number of carboxylic acids is 1. The average Bonchev–Trinajstić information content (AvgIpc) is 2.59. The van der Waals surface area contributed by atoms with Crippen molar-refractivity contribution in [3.63, 3.8) is 0 Å². The Balaban J connectivity index is 1.99. The minimum absolute atomic E-state index is 0.296. The molecule has 2 atom stereocenters. The minimum Gasteiger partial charge on any atom is -0.481 e. The van der Waals surface area contributed by atoms with E-state index in [-0.39, 0.29) is 0 Å². The van der Waals surface area contributed by atoms with E-state index in [0.29, 0.717) is 24.4 Å². The summed E-state index contributed by atoms with van der Waals surface area (Å²) in [6.45, 7) is 5.44. The van der Waals surface area contributed by atoms with Crippen molar-refractivity contribution in [2.24, 2.45) is 5.92 Å². The monoisotopic (exact) mass is 268 g/mol. The van der Waals surface area contributed by atoms with Gasteiger partial charge in [-0.05, 0) is 31.7 Å². The summed E-state index contributed by atoms with van der Waals surface area (Å²) in [6.07, 6.45) is 7.74. The molecule has 1 heterocycles. The van der Waals surface area contributed by atoms with Crippen molar-refractivity contribution in [3.8, 4) is 0 Å². The molecule has 4 nitrogen and oxygen atoms in total. The molecule has 0 aromatic rings. The number of nitrogens with zero attached hydrogens (tertiary/aromatic N) is 1. The number of nitrogens with one attached hydrogen (secondary N) is 1. The highest BCUT2D eigenvalue weighted by molar-refractivity contribution is 5.66. The summed E-state index contributed by atoms with van der Waals surface area (Å²) in [5.74, 6) is -0.00218. The minimum atomic E-state index is -0.666. The second-order valence-corrected chi connectivity index (χ2v) is 6.34. The predicted octanol–water partition coefficient (Wildman–Crippen LogP) is 2.09. The molecular formula is C15H28N2O2. The Morgan fingerprint density at radius 1 is 1.26 bits per heavy atom. The summed E-state index contributed by atoms with van der Waals surface area (Å²) in [5.41, 5.74) is 0. The fourth-order valence-corrected chi connectivity index (χ4v) is 3.60. The highest BCUT2D eigenvalue weighted by Gasteiger charge is 2.30. The molecule has 110 valence electrons. The Morgan fingerprint density at radius 3 is 2.68 bits per heavy atom. The molecule has 1 aliphatic carbocycles. The summed E-state index contributed by atoms with van der Waals surface area (Å²) in [4.78, 5) is 13.5. The molecule has 0 amide bonds. The van der Waals surface area contributed by atoms with Crippen LogP contribution < -0.4 is 5.32 Å². The Morgan fingerprint density at radius 2 is 2.00 bits per heavy atom. The van der Waals surface area contributed by atoms with E-state index >= 15 is 0 Å². The van der Waals surface area contributed by atoms with Crippen molar-refractivity contribution in [3.05, 3.63) is 0 Å². The Bertz CT molecular complexity index is 290. The molecule has 2 N–H and O–H groups in total. The average molecular weight is 268 g/mol. The van der Waals surface area contributed by atoms with Crippen LogP contribution in [0, 0.1) is 5.92 Å². The van der Waals surface area contributed by atoms with Crippen LogP contribution in [0.4, 0.5) is 0 Å². The third kappa shape index (κ3) is 4.46. The Hall–Kier alpha value is -0.610. The first-order valence-corrected chi connectivity index (χ1v) is 7.85. The molecular weight excluding hydrogens is 240 g/mol. The van der Waals surface area contributed by atoms with Crippen LogP contribution in [0.3, 0.4) is 0 Å². The maximum atomic E-state index is 10.8. The SMILES string of the molecule is CC1CNCC(CCC(=O)O)N(C2CCCCC2)C1. The van der Waals surface area contributed by atoms with Gasteiger partial charge in [0.15, 0.2) is 0 Å². The van der Waals surface area contributed by atoms with Crippen LogP contribution in [0.5, 0.6) is 0 Å². The van der Waals surface area contributed by atoms with Crippen molar-refractivity contribution in [2.75, 3.05) is 19.6 Å². The van der Waals surface area contributed by atoms with E-state index in [0.717, 1.165) is 26.1 Å². The molecule has 1 saturated heterocycles. The lowest BCUT2D eigenvalue weighted by Crippen LogP contribution is -2.47. The van der Waals surface area contributed by atoms with E-state index in [9.17, 15) is 4.79 Å². The maximum absolute atomic E-state index is 10.8. The first-order chi connectivity index (χ1) is 9.16. The molecule has 0 aromatic carbocycles.